The SMILES string of the molecule is [2H][C@@H](/C=C/CCc1ccccc1O)OC(=N)C(Cl)(Cl)Cl. The minimum atomic E-state index is -1.96. The van der Waals surface area contributed by atoms with Gasteiger partial charge in [0.05, 0.1) is 1.37 Å². The first-order valence-corrected chi connectivity index (χ1v) is 6.62. The van der Waals surface area contributed by atoms with Crippen molar-refractivity contribution >= 4 is 40.7 Å². The Morgan fingerprint density at radius 2 is 2.05 bits per heavy atom. The van der Waals surface area contributed by atoms with Crippen molar-refractivity contribution in [1.29, 1.82) is 5.41 Å². The molecule has 6 heteroatoms. The van der Waals surface area contributed by atoms with Crippen LogP contribution < -0.4 is 0 Å². The molecular formula is C13H14Cl3NO2. The minimum absolute atomic E-state index is 0.248. The Morgan fingerprint density at radius 3 is 2.68 bits per heavy atom. The van der Waals surface area contributed by atoms with Crippen molar-refractivity contribution < 1.29 is 11.2 Å². The molecule has 1 aromatic carbocycles. The average molecular weight is 324 g/mol. The zero-order valence-corrected chi connectivity index (χ0v) is 12.2. The van der Waals surface area contributed by atoms with Gasteiger partial charge in [-0.15, -0.1) is 0 Å². The van der Waals surface area contributed by atoms with Crippen LogP contribution in [0.1, 0.15) is 13.4 Å². The maximum absolute atomic E-state index is 9.57. The van der Waals surface area contributed by atoms with Gasteiger partial charge in [0.1, 0.15) is 12.3 Å². The Kier molecular flexibility index (Phi) is 5.83. The molecule has 3 nitrogen and oxygen atoms in total. The number of para-hydroxylation sites is 1. The van der Waals surface area contributed by atoms with Crippen LogP contribution in [-0.4, -0.2) is 21.4 Å². The van der Waals surface area contributed by atoms with Crippen LogP contribution in [-0.2, 0) is 11.2 Å². The molecule has 2 N–H and O–H groups in total. The second kappa shape index (κ2) is 7.63. The predicted molar refractivity (Wildman–Crippen MR) is 79.5 cm³/mol. The number of hydrogen-bond donors (Lipinski definition) is 2. The second-order valence-electron chi connectivity index (χ2n) is 3.68. The van der Waals surface area contributed by atoms with E-state index in [-0.39, 0.29) is 5.75 Å². The first-order chi connectivity index (χ1) is 9.30. The quantitative estimate of drug-likeness (QED) is 0.368. The predicted octanol–water partition coefficient (Wildman–Crippen LogP) is 4.25. The Bertz CT molecular complexity index is 489. The molecule has 0 bridgehead atoms. The van der Waals surface area contributed by atoms with E-state index in [0.717, 1.165) is 5.56 Å². The van der Waals surface area contributed by atoms with Crippen LogP contribution in [0.15, 0.2) is 36.4 Å². The maximum Gasteiger partial charge on any atom is 0.265 e. The van der Waals surface area contributed by atoms with Crippen molar-refractivity contribution in [3.8, 4) is 5.75 Å². The summed E-state index contributed by atoms with van der Waals surface area (Å²) in [5.74, 6) is -0.342. The van der Waals surface area contributed by atoms with Crippen LogP contribution in [0.2, 0.25) is 0 Å². The Labute approximate surface area is 128 Å². The van der Waals surface area contributed by atoms with Crippen LogP contribution in [0, 0.1) is 5.41 Å². The molecule has 0 radical (unpaired) electrons. The molecule has 0 amide bonds. The summed E-state index contributed by atoms with van der Waals surface area (Å²) < 4.78 is 10.4. The summed E-state index contributed by atoms with van der Waals surface area (Å²) in [6.45, 7) is -1.11. The highest BCUT2D eigenvalue weighted by atomic mass is 35.6. The fourth-order valence-electron chi connectivity index (χ4n) is 1.29. The minimum Gasteiger partial charge on any atom is -0.508 e. The van der Waals surface area contributed by atoms with Gasteiger partial charge in [0, 0.05) is 0 Å². The van der Waals surface area contributed by atoms with Gasteiger partial charge in [0.25, 0.3) is 3.79 Å². The van der Waals surface area contributed by atoms with E-state index in [9.17, 15) is 5.11 Å². The highest BCUT2D eigenvalue weighted by Gasteiger charge is 2.28. The molecule has 1 atom stereocenters. The zero-order chi connectivity index (χ0) is 15.2. The zero-order valence-electron chi connectivity index (χ0n) is 10.9. The topological polar surface area (TPSA) is 53.3 Å². The summed E-state index contributed by atoms with van der Waals surface area (Å²) in [5, 5.41) is 16.9. The number of aromatic hydroxyl groups is 1. The van der Waals surface area contributed by atoms with Crippen molar-refractivity contribution in [3.63, 3.8) is 0 Å². The van der Waals surface area contributed by atoms with E-state index in [4.69, 9.17) is 46.3 Å². The molecule has 0 unspecified atom stereocenters. The molecule has 0 heterocycles. The number of aryl methyl sites for hydroxylation is 1. The van der Waals surface area contributed by atoms with Gasteiger partial charge in [0.2, 0.25) is 5.90 Å². The van der Waals surface area contributed by atoms with Crippen LogP contribution in [0.5, 0.6) is 5.75 Å². The fourth-order valence-corrected chi connectivity index (χ4v) is 1.42. The molecule has 0 aliphatic heterocycles. The van der Waals surface area contributed by atoms with Crippen molar-refractivity contribution in [1.82, 2.24) is 0 Å². The Hall–Kier alpha value is -0.900. The molecule has 0 fully saturated rings. The normalized spacial score (nSPS) is 14.2. The number of rotatable bonds is 5. The number of alkyl halides is 3. The van der Waals surface area contributed by atoms with Crippen molar-refractivity contribution in [2.75, 3.05) is 6.58 Å². The van der Waals surface area contributed by atoms with E-state index in [1.165, 1.54) is 6.08 Å². The van der Waals surface area contributed by atoms with E-state index in [0.29, 0.717) is 12.8 Å². The monoisotopic (exact) mass is 322 g/mol. The van der Waals surface area contributed by atoms with Gasteiger partial charge in [0.15, 0.2) is 0 Å². The lowest BCUT2D eigenvalue weighted by molar-refractivity contribution is 0.339. The number of allylic oxidation sites excluding steroid dienone is 1. The molecular weight excluding hydrogens is 309 g/mol. The highest BCUT2D eigenvalue weighted by molar-refractivity contribution is 6.76. The van der Waals surface area contributed by atoms with Gasteiger partial charge in [-0.25, -0.2) is 0 Å². The molecule has 0 aliphatic carbocycles. The molecule has 1 rings (SSSR count). The molecule has 0 aliphatic rings. The first-order valence-electron chi connectivity index (χ1n) is 6.06. The lowest BCUT2D eigenvalue weighted by Crippen LogP contribution is -2.21. The molecule has 0 saturated heterocycles. The number of hydrogen-bond acceptors (Lipinski definition) is 3. The summed E-state index contributed by atoms with van der Waals surface area (Å²) in [7, 11) is 0. The van der Waals surface area contributed by atoms with Crippen molar-refractivity contribution in [2.45, 2.75) is 16.6 Å². The van der Waals surface area contributed by atoms with E-state index in [1.54, 1.807) is 18.2 Å². The number of ether oxygens (including phenoxy) is 1. The van der Waals surface area contributed by atoms with Gasteiger partial charge < -0.3 is 9.84 Å². The van der Waals surface area contributed by atoms with Crippen LogP contribution in [0.3, 0.4) is 0 Å². The first kappa shape index (κ1) is 14.5. The summed E-state index contributed by atoms with van der Waals surface area (Å²) in [5.41, 5.74) is 0.827. The van der Waals surface area contributed by atoms with E-state index in [1.807, 2.05) is 12.1 Å². The third kappa shape index (κ3) is 6.19. The lowest BCUT2D eigenvalue weighted by Gasteiger charge is -2.11. The molecule has 0 aromatic heterocycles. The second-order valence-corrected chi connectivity index (χ2v) is 5.96. The number of benzene rings is 1. The third-order valence-electron chi connectivity index (χ3n) is 2.23. The Balaban J connectivity index is 2.38. The molecule has 19 heavy (non-hydrogen) atoms. The Morgan fingerprint density at radius 1 is 1.37 bits per heavy atom. The third-order valence-corrected chi connectivity index (χ3v) is 2.74. The summed E-state index contributed by atoms with van der Waals surface area (Å²) in [4.78, 5) is 0. The summed E-state index contributed by atoms with van der Waals surface area (Å²) in [6, 6.07) is 7.05. The largest absolute Gasteiger partial charge is 0.508 e. The molecule has 0 spiro atoms. The van der Waals surface area contributed by atoms with Crippen molar-refractivity contribution in [3.05, 3.63) is 42.0 Å². The molecule has 0 saturated carbocycles. The van der Waals surface area contributed by atoms with Gasteiger partial charge in [-0.1, -0.05) is 65.2 Å². The van der Waals surface area contributed by atoms with Crippen LogP contribution in [0.25, 0.3) is 0 Å². The number of nitrogens with one attached hydrogen (secondary N) is 1. The molecule has 104 valence electrons. The molecule has 1 aromatic rings. The standard InChI is InChI=1S/C13H14Cl3NO2/c14-13(15,16)12(17)19-9-5-1-2-6-10-7-3-4-8-11(10)18/h1,3-5,7-8,17-18H,2,6,9H2/b5-1+,17-12?/i9D/t9-/m0/s1. The number of phenolic OH excluding ortho intramolecular Hbond substituents is 1. The fraction of sp³-hybridized carbons (Fsp3) is 0.308. The average Bonchev–Trinajstić information content (AvgIpc) is 2.35. The van der Waals surface area contributed by atoms with E-state index in [2.05, 4.69) is 0 Å². The van der Waals surface area contributed by atoms with Gasteiger partial charge in [-0.2, -0.15) is 0 Å². The van der Waals surface area contributed by atoms with Crippen LogP contribution in [0.4, 0.5) is 0 Å². The summed E-state index contributed by atoms with van der Waals surface area (Å²) >= 11 is 16.3. The van der Waals surface area contributed by atoms with Crippen molar-refractivity contribution in [2.24, 2.45) is 0 Å². The van der Waals surface area contributed by atoms with E-state index >= 15 is 0 Å². The maximum atomic E-state index is 9.57. The van der Waals surface area contributed by atoms with Gasteiger partial charge in [-0.05, 0) is 24.5 Å². The van der Waals surface area contributed by atoms with Gasteiger partial charge >= 0.3 is 0 Å². The smallest absolute Gasteiger partial charge is 0.265 e. The number of phenols is 1. The van der Waals surface area contributed by atoms with E-state index < -0.39 is 16.3 Å². The van der Waals surface area contributed by atoms with Gasteiger partial charge in [-0.3, -0.25) is 5.41 Å². The highest BCUT2D eigenvalue weighted by Crippen LogP contribution is 2.27. The number of halogens is 3. The van der Waals surface area contributed by atoms with Crippen LogP contribution >= 0.6 is 34.8 Å². The lowest BCUT2D eigenvalue weighted by atomic mass is 10.1. The summed E-state index contributed by atoms with van der Waals surface area (Å²) in [6.07, 6.45) is 4.43.